The van der Waals surface area contributed by atoms with Crippen molar-refractivity contribution in [2.24, 2.45) is 16.6 Å². The Morgan fingerprint density at radius 1 is 1.38 bits per heavy atom. The lowest BCUT2D eigenvalue weighted by Crippen LogP contribution is -2.35. The largest absolute Gasteiger partial charge is 0.330 e. The standard InChI is InChI=1S/C11H24N2/c1-10(2,3)8-13-6-5-11(4,7-12)9-13/h5-9,12H2,1-4H3. The quantitative estimate of drug-likeness (QED) is 0.708. The first-order valence-electron chi connectivity index (χ1n) is 5.27. The monoisotopic (exact) mass is 184 g/mol. The van der Waals surface area contributed by atoms with E-state index in [1.54, 1.807) is 0 Å². The fraction of sp³-hybridized carbons (Fsp3) is 1.00. The molecule has 0 saturated carbocycles. The molecule has 0 amide bonds. The van der Waals surface area contributed by atoms with E-state index in [2.05, 4.69) is 32.6 Å². The number of likely N-dealkylation sites (tertiary alicyclic amines) is 1. The Hall–Kier alpha value is -0.0800. The summed E-state index contributed by atoms with van der Waals surface area (Å²) in [6.07, 6.45) is 1.26. The van der Waals surface area contributed by atoms with Crippen LogP contribution in [-0.2, 0) is 0 Å². The van der Waals surface area contributed by atoms with E-state index < -0.39 is 0 Å². The highest BCUT2D eigenvalue weighted by atomic mass is 15.2. The minimum Gasteiger partial charge on any atom is -0.330 e. The lowest BCUT2D eigenvalue weighted by molar-refractivity contribution is 0.205. The molecule has 1 saturated heterocycles. The molecule has 0 aromatic heterocycles. The van der Waals surface area contributed by atoms with Crippen LogP contribution in [-0.4, -0.2) is 31.1 Å². The van der Waals surface area contributed by atoms with Crippen LogP contribution in [0.25, 0.3) is 0 Å². The average molecular weight is 184 g/mol. The van der Waals surface area contributed by atoms with Crippen LogP contribution in [0.3, 0.4) is 0 Å². The Bertz CT molecular complexity index is 171. The molecule has 2 N–H and O–H groups in total. The van der Waals surface area contributed by atoms with Gasteiger partial charge in [-0.2, -0.15) is 0 Å². The number of hydrogen-bond acceptors (Lipinski definition) is 2. The van der Waals surface area contributed by atoms with Crippen molar-refractivity contribution in [3.05, 3.63) is 0 Å². The minimum absolute atomic E-state index is 0.380. The molecule has 13 heavy (non-hydrogen) atoms. The molecule has 1 aliphatic rings. The van der Waals surface area contributed by atoms with Crippen LogP contribution in [0, 0.1) is 10.8 Å². The van der Waals surface area contributed by atoms with E-state index in [0.717, 1.165) is 6.54 Å². The molecule has 0 aromatic rings. The summed E-state index contributed by atoms with van der Waals surface area (Å²) in [4.78, 5) is 2.55. The highest BCUT2D eigenvalue weighted by Crippen LogP contribution is 2.30. The summed E-state index contributed by atoms with van der Waals surface area (Å²) >= 11 is 0. The third-order valence-electron chi connectivity index (χ3n) is 2.83. The van der Waals surface area contributed by atoms with Crippen molar-refractivity contribution in [3.63, 3.8) is 0 Å². The van der Waals surface area contributed by atoms with Gasteiger partial charge in [-0.05, 0) is 30.3 Å². The van der Waals surface area contributed by atoms with Gasteiger partial charge in [0.1, 0.15) is 0 Å². The molecule has 0 spiro atoms. The van der Waals surface area contributed by atoms with E-state index in [9.17, 15) is 0 Å². The Morgan fingerprint density at radius 3 is 2.38 bits per heavy atom. The van der Waals surface area contributed by atoms with Gasteiger partial charge in [-0.3, -0.25) is 0 Å². The van der Waals surface area contributed by atoms with Crippen molar-refractivity contribution in [1.82, 2.24) is 4.90 Å². The van der Waals surface area contributed by atoms with Gasteiger partial charge < -0.3 is 10.6 Å². The molecule has 1 heterocycles. The second kappa shape index (κ2) is 3.58. The molecule has 1 rings (SSSR count). The summed E-state index contributed by atoms with van der Waals surface area (Å²) in [5.41, 5.74) is 6.56. The van der Waals surface area contributed by atoms with Crippen LogP contribution in [0.5, 0.6) is 0 Å². The number of nitrogens with zero attached hydrogens (tertiary/aromatic N) is 1. The van der Waals surface area contributed by atoms with Crippen LogP contribution in [0.1, 0.15) is 34.1 Å². The highest BCUT2D eigenvalue weighted by molar-refractivity contribution is 4.88. The van der Waals surface area contributed by atoms with Gasteiger partial charge >= 0.3 is 0 Å². The zero-order valence-electron chi connectivity index (χ0n) is 9.56. The number of nitrogens with two attached hydrogens (primary N) is 1. The molecular weight excluding hydrogens is 160 g/mol. The molecule has 1 aliphatic heterocycles. The molecule has 2 nitrogen and oxygen atoms in total. The van der Waals surface area contributed by atoms with Crippen LogP contribution in [0.4, 0.5) is 0 Å². The third-order valence-corrected chi connectivity index (χ3v) is 2.83. The summed E-state index contributed by atoms with van der Waals surface area (Å²) in [6, 6.07) is 0. The first-order valence-corrected chi connectivity index (χ1v) is 5.27. The van der Waals surface area contributed by atoms with Crippen molar-refractivity contribution in [3.8, 4) is 0 Å². The highest BCUT2D eigenvalue weighted by Gasteiger charge is 2.33. The molecule has 2 heteroatoms. The molecular formula is C11H24N2. The molecule has 0 bridgehead atoms. The summed E-state index contributed by atoms with van der Waals surface area (Å²) in [6.45, 7) is 13.6. The third kappa shape index (κ3) is 3.28. The summed E-state index contributed by atoms with van der Waals surface area (Å²) in [5.74, 6) is 0. The Morgan fingerprint density at radius 2 is 2.00 bits per heavy atom. The zero-order chi connectivity index (χ0) is 10.1. The average Bonchev–Trinajstić information content (AvgIpc) is 2.30. The van der Waals surface area contributed by atoms with Crippen LogP contribution >= 0.6 is 0 Å². The Labute approximate surface area is 82.5 Å². The Kier molecular flexibility index (Phi) is 3.03. The molecule has 78 valence electrons. The lowest BCUT2D eigenvalue weighted by Gasteiger charge is -2.28. The summed E-state index contributed by atoms with van der Waals surface area (Å²) in [5, 5.41) is 0. The SMILES string of the molecule is CC(C)(C)CN1CCC(C)(CN)C1. The maximum atomic E-state index is 5.77. The smallest absolute Gasteiger partial charge is 0.00481 e. The zero-order valence-corrected chi connectivity index (χ0v) is 9.56. The first-order chi connectivity index (χ1) is 5.85. The van der Waals surface area contributed by atoms with Crippen molar-refractivity contribution in [2.45, 2.75) is 34.1 Å². The normalized spacial score (nSPS) is 31.2. The van der Waals surface area contributed by atoms with Gasteiger partial charge in [0.05, 0.1) is 0 Å². The van der Waals surface area contributed by atoms with Gasteiger partial charge in [-0.15, -0.1) is 0 Å². The van der Waals surface area contributed by atoms with Crippen LogP contribution in [0.15, 0.2) is 0 Å². The summed E-state index contributed by atoms with van der Waals surface area (Å²) in [7, 11) is 0. The molecule has 0 aromatic carbocycles. The second-order valence-corrected chi connectivity index (χ2v) is 6.04. The summed E-state index contributed by atoms with van der Waals surface area (Å²) < 4.78 is 0. The van der Waals surface area contributed by atoms with Gasteiger partial charge in [0.25, 0.3) is 0 Å². The van der Waals surface area contributed by atoms with Gasteiger partial charge in [0, 0.05) is 13.1 Å². The van der Waals surface area contributed by atoms with E-state index in [1.165, 1.54) is 26.1 Å². The van der Waals surface area contributed by atoms with Gasteiger partial charge in [-0.25, -0.2) is 0 Å². The van der Waals surface area contributed by atoms with E-state index in [-0.39, 0.29) is 0 Å². The van der Waals surface area contributed by atoms with Crippen LogP contribution in [0.2, 0.25) is 0 Å². The van der Waals surface area contributed by atoms with E-state index in [0.29, 0.717) is 10.8 Å². The second-order valence-electron chi connectivity index (χ2n) is 6.04. The van der Waals surface area contributed by atoms with Crippen LogP contribution < -0.4 is 5.73 Å². The fourth-order valence-corrected chi connectivity index (χ4v) is 2.10. The molecule has 1 unspecified atom stereocenters. The number of rotatable bonds is 2. The van der Waals surface area contributed by atoms with Crippen molar-refractivity contribution in [1.29, 1.82) is 0 Å². The molecule has 0 aliphatic carbocycles. The van der Waals surface area contributed by atoms with E-state index in [1.807, 2.05) is 0 Å². The van der Waals surface area contributed by atoms with Gasteiger partial charge in [0.2, 0.25) is 0 Å². The predicted octanol–water partition coefficient (Wildman–Crippen LogP) is 1.70. The minimum atomic E-state index is 0.380. The van der Waals surface area contributed by atoms with E-state index >= 15 is 0 Å². The lowest BCUT2D eigenvalue weighted by atomic mass is 9.90. The maximum absolute atomic E-state index is 5.77. The van der Waals surface area contributed by atoms with Gasteiger partial charge in [-0.1, -0.05) is 27.7 Å². The van der Waals surface area contributed by atoms with Crippen molar-refractivity contribution in [2.75, 3.05) is 26.2 Å². The van der Waals surface area contributed by atoms with Crippen molar-refractivity contribution >= 4 is 0 Å². The predicted molar refractivity (Wildman–Crippen MR) is 57.7 cm³/mol. The molecule has 1 fully saturated rings. The van der Waals surface area contributed by atoms with Gasteiger partial charge in [0.15, 0.2) is 0 Å². The topological polar surface area (TPSA) is 29.3 Å². The Balaban J connectivity index is 2.42. The fourth-order valence-electron chi connectivity index (χ4n) is 2.10. The van der Waals surface area contributed by atoms with Crippen molar-refractivity contribution < 1.29 is 0 Å². The van der Waals surface area contributed by atoms with E-state index in [4.69, 9.17) is 5.73 Å². The molecule has 0 radical (unpaired) electrons. The molecule has 1 atom stereocenters. The maximum Gasteiger partial charge on any atom is 0.00481 e. The first kappa shape index (κ1) is 11.0. The number of hydrogen-bond donors (Lipinski definition) is 1.